The maximum atomic E-state index is 12.7. The maximum absolute atomic E-state index is 12.7. The topological polar surface area (TPSA) is 65.5 Å². The van der Waals surface area contributed by atoms with E-state index in [0.29, 0.717) is 34.9 Å². The third kappa shape index (κ3) is 4.64. The fourth-order valence-corrected chi connectivity index (χ4v) is 3.32. The van der Waals surface area contributed by atoms with Crippen molar-refractivity contribution in [3.63, 3.8) is 0 Å². The fourth-order valence-electron chi connectivity index (χ4n) is 3.09. The highest BCUT2D eigenvalue weighted by Gasteiger charge is 2.22. The van der Waals surface area contributed by atoms with Gasteiger partial charge >= 0.3 is 0 Å². The van der Waals surface area contributed by atoms with Gasteiger partial charge in [-0.2, -0.15) is 0 Å². The average Bonchev–Trinajstić information content (AvgIpc) is 2.69. The van der Waals surface area contributed by atoms with Crippen LogP contribution in [0.25, 0.3) is 0 Å². The van der Waals surface area contributed by atoms with Crippen LogP contribution < -0.4 is 5.32 Å². The molecule has 0 bridgehead atoms. The molecule has 0 aliphatic carbocycles. The van der Waals surface area contributed by atoms with Crippen molar-refractivity contribution in [3.8, 4) is 0 Å². The highest BCUT2D eigenvalue weighted by molar-refractivity contribution is 6.30. The Balaban J connectivity index is 1.71. The van der Waals surface area contributed by atoms with Crippen molar-refractivity contribution in [1.29, 1.82) is 0 Å². The number of benzene rings is 1. The standard InChI is InChI=1S/C20H23ClN4O2/c1-3-24-6-8-25(9-7-24)20(27)16-11-15(12-22-13-16)19(26)23-18-5-4-17(21)10-14(18)2/h4-5,10-13H,3,6-9H2,1-2H3,(H,23,26). The Bertz CT molecular complexity index is 848. The summed E-state index contributed by atoms with van der Waals surface area (Å²) in [6.07, 6.45) is 2.98. The maximum Gasteiger partial charge on any atom is 0.257 e. The molecule has 1 aromatic carbocycles. The highest BCUT2D eigenvalue weighted by atomic mass is 35.5. The number of nitrogens with zero attached hydrogens (tertiary/aromatic N) is 3. The molecule has 27 heavy (non-hydrogen) atoms. The lowest BCUT2D eigenvalue weighted by atomic mass is 10.1. The number of piperazine rings is 1. The fraction of sp³-hybridized carbons (Fsp3) is 0.350. The lowest BCUT2D eigenvalue weighted by Crippen LogP contribution is -2.48. The number of rotatable bonds is 4. The molecule has 2 amide bonds. The molecule has 0 unspecified atom stereocenters. The third-order valence-electron chi connectivity index (χ3n) is 4.79. The molecule has 0 atom stereocenters. The van der Waals surface area contributed by atoms with Crippen molar-refractivity contribution in [3.05, 3.63) is 58.4 Å². The smallest absolute Gasteiger partial charge is 0.257 e. The van der Waals surface area contributed by atoms with E-state index in [-0.39, 0.29) is 11.8 Å². The van der Waals surface area contributed by atoms with Gasteiger partial charge in [0.25, 0.3) is 11.8 Å². The van der Waals surface area contributed by atoms with Gasteiger partial charge in [-0.15, -0.1) is 0 Å². The van der Waals surface area contributed by atoms with E-state index in [1.54, 1.807) is 24.3 Å². The molecule has 2 aromatic rings. The van der Waals surface area contributed by atoms with Crippen molar-refractivity contribution in [1.82, 2.24) is 14.8 Å². The number of aromatic nitrogens is 1. The van der Waals surface area contributed by atoms with Crippen molar-refractivity contribution in [2.24, 2.45) is 0 Å². The van der Waals surface area contributed by atoms with E-state index in [1.807, 2.05) is 11.8 Å². The van der Waals surface area contributed by atoms with Gasteiger partial charge in [-0.3, -0.25) is 14.6 Å². The van der Waals surface area contributed by atoms with E-state index < -0.39 is 0 Å². The van der Waals surface area contributed by atoms with E-state index in [2.05, 4.69) is 22.1 Å². The molecule has 1 N–H and O–H groups in total. The number of halogens is 1. The number of nitrogens with one attached hydrogen (secondary N) is 1. The molecule has 0 spiro atoms. The number of hydrogen-bond donors (Lipinski definition) is 1. The zero-order valence-corrected chi connectivity index (χ0v) is 16.3. The van der Waals surface area contributed by atoms with Crippen LogP contribution in [0.4, 0.5) is 5.69 Å². The van der Waals surface area contributed by atoms with E-state index in [9.17, 15) is 9.59 Å². The van der Waals surface area contributed by atoms with E-state index >= 15 is 0 Å². The summed E-state index contributed by atoms with van der Waals surface area (Å²) in [7, 11) is 0. The summed E-state index contributed by atoms with van der Waals surface area (Å²) >= 11 is 5.95. The zero-order valence-electron chi connectivity index (χ0n) is 15.5. The summed E-state index contributed by atoms with van der Waals surface area (Å²) in [5.74, 6) is -0.394. The van der Waals surface area contributed by atoms with Crippen molar-refractivity contribution in [2.45, 2.75) is 13.8 Å². The van der Waals surface area contributed by atoms with Crippen LogP contribution in [0.2, 0.25) is 5.02 Å². The van der Waals surface area contributed by atoms with Crippen LogP contribution >= 0.6 is 11.6 Å². The molecule has 1 aromatic heterocycles. The van der Waals surface area contributed by atoms with Crippen LogP contribution in [0.1, 0.15) is 33.2 Å². The Hall–Kier alpha value is -2.44. The highest BCUT2D eigenvalue weighted by Crippen LogP contribution is 2.20. The molecular weight excluding hydrogens is 364 g/mol. The van der Waals surface area contributed by atoms with Crippen molar-refractivity contribution >= 4 is 29.1 Å². The Labute approximate surface area is 164 Å². The van der Waals surface area contributed by atoms with Crippen LogP contribution in [0.3, 0.4) is 0 Å². The van der Waals surface area contributed by atoms with Crippen LogP contribution in [0, 0.1) is 6.92 Å². The number of aryl methyl sites for hydroxylation is 1. The van der Waals surface area contributed by atoms with Crippen LogP contribution in [0.5, 0.6) is 0 Å². The molecule has 1 aliphatic heterocycles. The second kappa shape index (κ2) is 8.50. The molecule has 0 radical (unpaired) electrons. The summed E-state index contributed by atoms with van der Waals surface area (Å²) < 4.78 is 0. The minimum Gasteiger partial charge on any atom is -0.336 e. The van der Waals surface area contributed by atoms with Gasteiger partial charge in [-0.05, 0) is 43.3 Å². The lowest BCUT2D eigenvalue weighted by Gasteiger charge is -2.34. The van der Waals surface area contributed by atoms with Gasteiger partial charge in [0.1, 0.15) is 0 Å². The lowest BCUT2D eigenvalue weighted by molar-refractivity contribution is 0.0643. The first-order valence-electron chi connectivity index (χ1n) is 9.02. The van der Waals surface area contributed by atoms with Crippen LogP contribution in [0.15, 0.2) is 36.7 Å². The second-order valence-corrected chi connectivity index (χ2v) is 7.04. The number of carbonyl (C=O) groups is 2. The number of amides is 2. The summed E-state index contributed by atoms with van der Waals surface area (Å²) in [4.78, 5) is 33.5. The summed E-state index contributed by atoms with van der Waals surface area (Å²) in [6, 6.07) is 6.86. The molecule has 1 fully saturated rings. The predicted molar refractivity (Wildman–Crippen MR) is 106 cm³/mol. The average molecular weight is 387 g/mol. The molecular formula is C20H23ClN4O2. The van der Waals surface area contributed by atoms with E-state index in [4.69, 9.17) is 11.6 Å². The first-order valence-corrected chi connectivity index (χ1v) is 9.40. The summed E-state index contributed by atoms with van der Waals surface area (Å²) in [5.41, 5.74) is 2.32. The summed E-state index contributed by atoms with van der Waals surface area (Å²) in [5, 5.41) is 3.46. The largest absolute Gasteiger partial charge is 0.336 e. The van der Waals surface area contributed by atoms with Gasteiger partial charge in [0.05, 0.1) is 11.1 Å². The molecule has 1 aliphatic rings. The molecule has 1 saturated heterocycles. The number of hydrogen-bond acceptors (Lipinski definition) is 4. The quantitative estimate of drug-likeness (QED) is 0.877. The second-order valence-electron chi connectivity index (χ2n) is 6.60. The Morgan fingerprint density at radius 2 is 1.81 bits per heavy atom. The number of likely N-dealkylation sites (N-methyl/N-ethyl adjacent to an activating group) is 1. The number of carbonyl (C=O) groups excluding carboxylic acids is 2. The molecule has 0 saturated carbocycles. The molecule has 7 heteroatoms. The molecule has 6 nitrogen and oxygen atoms in total. The van der Waals surface area contributed by atoms with E-state index in [0.717, 1.165) is 25.2 Å². The normalized spacial score (nSPS) is 14.9. The van der Waals surface area contributed by atoms with Gasteiger partial charge in [-0.25, -0.2) is 0 Å². The Kier molecular flexibility index (Phi) is 6.08. The first-order chi connectivity index (χ1) is 13.0. The number of pyridine rings is 1. The van der Waals surface area contributed by atoms with Gasteiger partial charge in [0.15, 0.2) is 0 Å². The van der Waals surface area contributed by atoms with E-state index in [1.165, 1.54) is 12.4 Å². The van der Waals surface area contributed by atoms with Gasteiger partial charge in [0.2, 0.25) is 0 Å². The van der Waals surface area contributed by atoms with Crippen molar-refractivity contribution in [2.75, 3.05) is 38.0 Å². The van der Waals surface area contributed by atoms with Crippen LogP contribution in [-0.4, -0.2) is 59.3 Å². The predicted octanol–water partition coefficient (Wildman–Crippen LogP) is 3.07. The summed E-state index contributed by atoms with van der Waals surface area (Å²) in [6.45, 7) is 8.09. The Morgan fingerprint density at radius 1 is 1.11 bits per heavy atom. The van der Waals surface area contributed by atoms with Gasteiger partial charge < -0.3 is 15.1 Å². The molecule has 2 heterocycles. The SMILES string of the molecule is CCN1CCN(C(=O)c2cncc(C(=O)Nc3ccc(Cl)cc3C)c2)CC1. The number of anilines is 1. The van der Waals surface area contributed by atoms with Crippen molar-refractivity contribution < 1.29 is 9.59 Å². The van der Waals surface area contributed by atoms with Gasteiger partial charge in [-0.1, -0.05) is 18.5 Å². The van der Waals surface area contributed by atoms with Gasteiger partial charge in [0, 0.05) is 49.3 Å². The molecule has 142 valence electrons. The minimum absolute atomic E-state index is 0.0874. The Morgan fingerprint density at radius 3 is 2.48 bits per heavy atom. The first kappa shape index (κ1) is 19.3. The third-order valence-corrected chi connectivity index (χ3v) is 5.03. The van der Waals surface area contributed by atoms with Crippen LogP contribution in [-0.2, 0) is 0 Å². The zero-order chi connectivity index (χ0) is 19.4. The monoisotopic (exact) mass is 386 g/mol. The minimum atomic E-state index is -0.307. The molecule has 3 rings (SSSR count).